The minimum Gasteiger partial charge on any atom is -0.477 e. The molecule has 1 fully saturated rings. The van der Waals surface area contributed by atoms with Gasteiger partial charge < -0.3 is 10.8 Å². The highest BCUT2D eigenvalue weighted by molar-refractivity contribution is 9.28. The number of hydrogen-bond acceptors (Lipinski definition) is 4. The van der Waals surface area contributed by atoms with Crippen LogP contribution in [0.25, 0.3) is 0 Å². The molecular formula is C9H8Br2N2O3S. The molecule has 5 nitrogen and oxygen atoms in total. The Morgan fingerprint density at radius 3 is 2.76 bits per heavy atom. The smallest absolute Gasteiger partial charge is 0.352 e. The third kappa shape index (κ3) is 2.18. The number of allylic oxidation sites excluding steroid dienone is 1. The molecule has 0 aromatic carbocycles. The van der Waals surface area contributed by atoms with Crippen LogP contribution in [0.5, 0.6) is 0 Å². The molecule has 2 aliphatic rings. The van der Waals surface area contributed by atoms with Gasteiger partial charge in [0.25, 0.3) is 0 Å². The molecule has 2 rings (SSSR count). The number of aliphatic carboxylic acids is 1. The quantitative estimate of drug-likeness (QED) is 0.700. The van der Waals surface area contributed by atoms with Crippen LogP contribution in [0.1, 0.15) is 0 Å². The first-order valence-electron chi connectivity index (χ1n) is 4.63. The number of thioether (sulfide) groups is 1. The molecule has 8 heteroatoms. The summed E-state index contributed by atoms with van der Waals surface area (Å²) in [7, 11) is 0. The Morgan fingerprint density at radius 1 is 1.59 bits per heavy atom. The molecule has 2 atom stereocenters. The van der Waals surface area contributed by atoms with Crippen LogP contribution in [-0.2, 0) is 9.59 Å². The van der Waals surface area contributed by atoms with Crippen LogP contribution in [0.2, 0.25) is 0 Å². The fourth-order valence-corrected chi connectivity index (χ4v) is 3.59. The average Bonchev–Trinajstić information content (AvgIpc) is 2.26. The third-order valence-electron chi connectivity index (χ3n) is 2.52. The number of rotatable bonds is 2. The second-order valence-corrected chi connectivity index (χ2v) is 7.43. The molecular weight excluding hydrogens is 376 g/mol. The molecule has 2 aliphatic heterocycles. The Kier molecular flexibility index (Phi) is 3.67. The zero-order chi connectivity index (χ0) is 12.7. The van der Waals surface area contributed by atoms with Crippen LogP contribution >= 0.6 is 43.6 Å². The molecule has 0 aliphatic carbocycles. The van der Waals surface area contributed by atoms with Gasteiger partial charge in [0.15, 0.2) is 0 Å². The largest absolute Gasteiger partial charge is 0.477 e. The number of nitrogens with zero attached hydrogens (tertiary/aromatic N) is 1. The van der Waals surface area contributed by atoms with E-state index in [0.29, 0.717) is 14.7 Å². The Labute approximate surface area is 118 Å². The minimum absolute atomic E-state index is 0.0249. The lowest BCUT2D eigenvalue weighted by Gasteiger charge is -2.47. The Hall–Kier alpha value is -0.310. The van der Waals surface area contributed by atoms with Gasteiger partial charge in [-0.25, -0.2) is 4.79 Å². The fraction of sp³-hybridized carbons (Fsp3) is 0.333. The predicted molar refractivity (Wildman–Crippen MR) is 71.7 cm³/mol. The molecule has 0 bridgehead atoms. The van der Waals surface area contributed by atoms with Crippen LogP contribution in [0.15, 0.2) is 20.7 Å². The summed E-state index contributed by atoms with van der Waals surface area (Å²) in [6.45, 7) is 0. The number of hydrogen-bond donors (Lipinski definition) is 2. The van der Waals surface area contributed by atoms with E-state index in [2.05, 4.69) is 31.9 Å². The van der Waals surface area contributed by atoms with Crippen molar-refractivity contribution in [2.45, 2.75) is 11.4 Å². The monoisotopic (exact) mass is 382 g/mol. The van der Waals surface area contributed by atoms with E-state index < -0.39 is 12.0 Å². The number of fused-ring (bicyclic) bond motifs is 1. The molecule has 3 N–H and O–H groups in total. The molecule has 0 aromatic rings. The average molecular weight is 384 g/mol. The van der Waals surface area contributed by atoms with E-state index in [1.54, 1.807) is 6.08 Å². The summed E-state index contributed by atoms with van der Waals surface area (Å²) in [5.74, 6) is -0.927. The summed E-state index contributed by atoms with van der Waals surface area (Å²) in [6, 6.07) is -0.590. The molecule has 1 unspecified atom stereocenters. The maximum absolute atomic E-state index is 11.6. The normalized spacial score (nSPS) is 27.5. The maximum Gasteiger partial charge on any atom is 0.352 e. The van der Waals surface area contributed by atoms with Gasteiger partial charge in [-0.3, -0.25) is 9.69 Å². The van der Waals surface area contributed by atoms with Crippen molar-refractivity contribution < 1.29 is 14.7 Å². The number of amides is 1. The van der Waals surface area contributed by atoms with Crippen molar-refractivity contribution in [1.29, 1.82) is 0 Å². The highest BCUT2D eigenvalue weighted by atomic mass is 79.9. The molecule has 2 heterocycles. The summed E-state index contributed by atoms with van der Waals surface area (Å²) in [4.78, 5) is 24.1. The molecule has 0 aromatic heterocycles. The number of β-lactam (4-membered cyclic amide) rings is 1. The molecule has 0 radical (unpaired) electrons. The zero-order valence-electron chi connectivity index (χ0n) is 8.39. The Morgan fingerprint density at radius 2 is 2.24 bits per heavy atom. The molecule has 1 amide bonds. The van der Waals surface area contributed by atoms with Gasteiger partial charge in [0.2, 0.25) is 5.91 Å². The topological polar surface area (TPSA) is 83.6 Å². The summed E-state index contributed by atoms with van der Waals surface area (Å²) in [5.41, 5.74) is 6.23. The second-order valence-electron chi connectivity index (χ2n) is 3.55. The van der Waals surface area contributed by atoms with Crippen molar-refractivity contribution in [2.75, 3.05) is 5.75 Å². The van der Waals surface area contributed by atoms with Gasteiger partial charge in [0.05, 0.1) is 3.39 Å². The van der Waals surface area contributed by atoms with Crippen LogP contribution < -0.4 is 5.73 Å². The van der Waals surface area contributed by atoms with Gasteiger partial charge in [-0.1, -0.05) is 0 Å². The van der Waals surface area contributed by atoms with E-state index in [9.17, 15) is 14.7 Å². The predicted octanol–water partition coefficient (Wildman–Crippen LogP) is 1.20. The van der Waals surface area contributed by atoms with Crippen molar-refractivity contribution in [2.24, 2.45) is 5.73 Å². The van der Waals surface area contributed by atoms with Crippen molar-refractivity contribution in [1.82, 2.24) is 4.90 Å². The molecule has 92 valence electrons. The van der Waals surface area contributed by atoms with Gasteiger partial charge in [-0.05, 0) is 43.5 Å². The lowest BCUT2D eigenvalue weighted by atomic mass is 10.0. The number of carboxylic acids is 1. The van der Waals surface area contributed by atoms with E-state index in [1.165, 1.54) is 16.7 Å². The summed E-state index contributed by atoms with van der Waals surface area (Å²) >= 11 is 7.83. The zero-order valence-corrected chi connectivity index (χ0v) is 12.4. The van der Waals surface area contributed by atoms with E-state index >= 15 is 0 Å². The van der Waals surface area contributed by atoms with Crippen LogP contribution in [-0.4, -0.2) is 39.1 Å². The number of carbonyl (C=O) groups is 2. The standard InChI is InChI=1S/C9H8Br2N2O3S/c10-4(11)1-3-2-17-8-5(12)7(14)13(8)6(3)9(15)16/h1,5,8H,2,12H2,(H,15,16)/t5?,8-/m1/s1. The van der Waals surface area contributed by atoms with Gasteiger partial charge in [-0.15, -0.1) is 11.8 Å². The van der Waals surface area contributed by atoms with E-state index in [1.807, 2.05) is 0 Å². The van der Waals surface area contributed by atoms with Crippen molar-refractivity contribution >= 4 is 55.5 Å². The van der Waals surface area contributed by atoms with Crippen LogP contribution in [0.4, 0.5) is 0 Å². The molecule has 0 saturated carbocycles. The van der Waals surface area contributed by atoms with Crippen molar-refractivity contribution in [3.05, 3.63) is 20.7 Å². The number of carbonyl (C=O) groups excluding carboxylic acids is 1. The first kappa shape index (κ1) is 13.1. The SMILES string of the molecule is NC1C(=O)N2C(C(=O)O)=C(C=C(Br)Br)CS[C@H]12. The van der Waals surface area contributed by atoms with E-state index in [0.717, 1.165) is 0 Å². The highest BCUT2D eigenvalue weighted by Gasteiger charge is 2.51. The van der Waals surface area contributed by atoms with E-state index in [-0.39, 0.29) is 17.0 Å². The Bertz CT molecular complexity index is 459. The first-order valence-corrected chi connectivity index (χ1v) is 7.26. The lowest BCUT2D eigenvalue weighted by Crippen LogP contribution is -2.68. The molecule has 0 spiro atoms. The number of halogens is 2. The molecule has 1 saturated heterocycles. The minimum atomic E-state index is -1.11. The van der Waals surface area contributed by atoms with Gasteiger partial charge in [0, 0.05) is 5.75 Å². The molecule has 17 heavy (non-hydrogen) atoms. The van der Waals surface area contributed by atoms with Crippen molar-refractivity contribution in [3.8, 4) is 0 Å². The van der Waals surface area contributed by atoms with Gasteiger partial charge in [-0.2, -0.15) is 0 Å². The summed E-state index contributed by atoms with van der Waals surface area (Å²) in [6.07, 6.45) is 1.64. The highest BCUT2D eigenvalue weighted by Crippen LogP contribution is 2.40. The number of carboxylic acid groups (broad SMARTS) is 1. The lowest BCUT2D eigenvalue weighted by molar-refractivity contribution is -0.147. The Balaban J connectivity index is 2.44. The van der Waals surface area contributed by atoms with Crippen LogP contribution in [0.3, 0.4) is 0 Å². The number of nitrogens with two attached hydrogens (primary N) is 1. The maximum atomic E-state index is 11.6. The fourth-order valence-electron chi connectivity index (χ4n) is 1.78. The van der Waals surface area contributed by atoms with Crippen LogP contribution in [0, 0.1) is 0 Å². The van der Waals surface area contributed by atoms with Crippen molar-refractivity contribution in [3.63, 3.8) is 0 Å². The third-order valence-corrected chi connectivity index (χ3v) is 4.31. The summed E-state index contributed by atoms with van der Waals surface area (Å²) in [5, 5.41) is 8.94. The summed E-state index contributed by atoms with van der Waals surface area (Å²) < 4.78 is 0.634. The van der Waals surface area contributed by atoms with E-state index in [4.69, 9.17) is 5.73 Å². The second kappa shape index (κ2) is 4.75. The van der Waals surface area contributed by atoms with Gasteiger partial charge >= 0.3 is 5.97 Å². The van der Waals surface area contributed by atoms with Gasteiger partial charge in [0.1, 0.15) is 17.1 Å². The first-order chi connectivity index (χ1) is 7.93.